The van der Waals surface area contributed by atoms with E-state index in [1.54, 1.807) is 0 Å². The van der Waals surface area contributed by atoms with Crippen molar-refractivity contribution in [3.05, 3.63) is 70.2 Å². The van der Waals surface area contributed by atoms with Crippen molar-refractivity contribution >= 4 is 21.8 Å². The molecule has 2 aromatic rings. The van der Waals surface area contributed by atoms with E-state index in [1.807, 2.05) is 36.4 Å². The largest absolute Gasteiger partial charge is 0.352 e. The average Bonchev–Trinajstić information content (AvgIpc) is 2.61. The molecule has 3 rings (SSSR count). The van der Waals surface area contributed by atoms with Gasteiger partial charge in [-0.1, -0.05) is 58.4 Å². The minimum Gasteiger partial charge on any atom is -0.352 e. The number of carbonyl (C=O) groups excluding carboxylic acids is 1. The van der Waals surface area contributed by atoms with E-state index in [2.05, 4.69) is 44.3 Å². The normalized spacial score (nSPS) is 16.0. The van der Waals surface area contributed by atoms with Crippen LogP contribution in [0.15, 0.2) is 59.1 Å². The molecule has 0 saturated carbocycles. The van der Waals surface area contributed by atoms with Gasteiger partial charge in [0.25, 0.3) is 0 Å². The Morgan fingerprint density at radius 3 is 2.46 bits per heavy atom. The van der Waals surface area contributed by atoms with Crippen molar-refractivity contribution in [3.63, 3.8) is 0 Å². The van der Waals surface area contributed by atoms with Gasteiger partial charge in [0, 0.05) is 23.5 Å². The van der Waals surface area contributed by atoms with E-state index in [4.69, 9.17) is 0 Å². The summed E-state index contributed by atoms with van der Waals surface area (Å²) in [4.78, 5) is 14.8. The van der Waals surface area contributed by atoms with Crippen LogP contribution < -0.4 is 5.32 Å². The van der Waals surface area contributed by atoms with Gasteiger partial charge in [0.05, 0.1) is 0 Å². The second-order valence-corrected chi connectivity index (χ2v) is 7.30. The van der Waals surface area contributed by atoms with Crippen LogP contribution in [0.4, 0.5) is 0 Å². The average molecular weight is 387 g/mol. The molecular weight excluding hydrogens is 364 g/mol. The number of likely N-dealkylation sites (tertiary alicyclic amines) is 1. The van der Waals surface area contributed by atoms with Gasteiger partial charge in [0.1, 0.15) is 0 Å². The number of nitrogens with zero attached hydrogens (tertiary/aromatic N) is 1. The highest BCUT2D eigenvalue weighted by molar-refractivity contribution is 9.10. The Hall–Kier alpha value is -1.65. The molecule has 0 atom stereocenters. The highest BCUT2D eigenvalue weighted by Gasteiger charge is 2.24. The van der Waals surface area contributed by atoms with E-state index >= 15 is 0 Å². The quantitative estimate of drug-likeness (QED) is 0.842. The number of amides is 1. The van der Waals surface area contributed by atoms with E-state index in [9.17, 15) is 4.79 Å². The lowest BCUT2D eigenvalue weighted by molar-refractivity contribution is -0.126. The van der Waals surface area contributed by atoms with Crippen molar-refractivity contribution in [1.82, 2.24) is 10.2 Å². The number of nitrogens with one attached hydrogen (secondary N) is 1. The number of benzene rings is 2. The van der Waals surface area contributed by atoms with Crippen molar-refractivity contribution in [2.24, 2.45) is 5.92 Å². The van der Waals surface area contributed by atoms with E-state index < -0.39 is 0 Å². The van der Waals surface area contributed by atoms with E-state index in [0.717, 1.165) is 42.5 Å². The smallest absolute Gasteiger partial charge is 0.223 e. The molecule has 3 nitrogen and oxygen atoms in total. The van der Waals surface area contributed by atoms with Gasteiger partial charge in [0.2, 0.25) is 5.91 Å². The summed E-state index contributed by atoms with van der Waals surface area (Å²) in [5.41, 5.74) is 2.47. The molecule has 0 aromatic heterocycles. The zero-order valence-corrected chi connectivity index (χ0v) is 15.3. The van der Waals surface area contributed by atoms with Gasteiger partial charge in [-0.15, -0.1) is 0 Å². The summed E-state index contributed by atoms with van der Waals surface area (Å²) in [5.74, 6) is 0.341. The predicted molar refractivity (Wildman–Crippen MR) is 100 cm³/mol. The minimum atomic E-state index is 0.146. The number of hydrogen-bond donors (Lipinski definition) is 1. The van der Waals surface area contributed by atoms with Crippen molar-refractivity contribution in [2.75, 3.05) is 13.1 Å². The zero-order valence-electron chi connectivity index (χ0n) is 13.7. The first-order chi connectivity index (χ1) is 11.7. The Labute approximate surface area is 152 Å². The molecule has 0 aliphatic carbocycles. The van der Waals surface area contributed by atoms with Crippen LogP contribution in [0.3, 0.4) is 0 Å². The summed E-state index contributed by atoms with van der Waals surface area (Å²) in [6.45, 7) is 3.54. The fourth-order valence-corrected chi connectivity index (χ4v) is 3.62. The molecule has 1 amide bonds. The van der Waals surface area contributed by atoms with Gasteiger partial charge in [-0.3, -0.25) is 9.69 Å². The van der Waals surface area contributed by atoms with E-state index in [-0.39, 0.29) is 11.8 Å². The molecule has 0 radical (unpaired) electrons. The molecule has 1 saturated heterocycles. The number of piperidine rings is 1. The van der Waals surface area contributed by atoms with Crippen LogP contribution in [-0.2, 0) is 17.9 Å². The molecule has 1 aliphatic heterocycles. The van der Waals surface area contributed by atoms with Gasteiger partial charge >= 0.3 is 0 Å². The Balaban J connectivity index is 1.43. The summed E-state index contributed by atoms with van der Waals surface area (Å²) in [7, 11) is 0. The molecule has 0 bridgehead atoms. The molecule has 0 unspecified atom stereocenters. The SMILES string of the molecule is O=C(NCc1ccccc1)C1CCN(Cc2cccc(Br)c2)CC1. The van der Waals surface area contributed by atoms with Crippen molar-refractivity contribution < 1.29 is 4.79 Å². The van der Waals surface area contributed by atoms with Crippen LogP contribution in [0.25, 0.3) is 0 Å². The number of hydrogen-bond acceptors (Lipinski definition) is 2. The van der Waals surface area contributed by atoms with Gasteiger partial charge in [-0.25, -0.2) is 0 Å². The lowest BCUT2D eigenvalue weighted by Gasteiger charge is -2.31. The summed E-state index contributed by atoms with van der Waals surface area (Å²) in [6.07, 6.45) is 1.88. The number of carbonyl (C=O) groups is 1. The maximum absolute atomic E-state index is 12.3. The lowest BCUT2D eigenvalue weighted by Crippen LogP contribution is -2.40. The van der Waals surface area contributed by atoms with Crippen LogP contribution in [0.1, 0.15) is 24.0 Å². The topological polar surface area (TPSA) is 32.3 Å². The van der Waals surface area contributed by atoms with Crippen LogP contribution in [-0.4, -0.2) is 23.9 Å². The van der Waals surface area contributed by atoms with Crippen LogP contribution in [0, 0.1) is 5.92 Å². The molecule has 4 heteroatoms. The standard InChI is InChI=1S/C20H23BrN2O/c21-19-8-4-7-17(13-19)15-23-11-9-18(10-12-23)20(24)22-14-16-5-2-1-3-6-16/h1-8,13,18H,9-12,14-15H2,(H,22,24). The first kappa shape index (κ1) is 17.2. The Morgan fingerprint density at radius 1 is 1.04 bits per heavy atom. The van der Waals surface area contributed by atoms with Gasteiger partial charge < -0.3 is 5.32 Å². The van der Waals surface area contributed by atoms with Gasteiger partial charge in [0.15, 0.2) is 0 Å². The Kier molecular flexibility index (Phi) is 6.05. The number of rotatable bonds is 5. The molecule has 1 fully saturated rings. The molecule has 126 valence electrons. The Morgan fingerprint density at radius 2 is 1.75 bits per heavy atom. The molecule has 1 aliphatic rings. The molecular formula is C20H23BrN2O. The number of halogens is 1. The third-order valence-corrected chi connectivity index (χ3v) is 5.06. The fraction of sp³-hybridized carbons (Fsp3) is 0.350. The van der Waals surface area contributed by atoms with Crippen LogP contribution in [0.5, 0.6) is 0 Å². The minimum absolute atomic E-state index is 0.146. The second kappa shape index (κ2) is 8.45. The first-order valence-electron chi connectivity index (χ1n) is 8.49. The van der Waals surface area contributed by atoms with Crippen molar-refractivity contribution in [2.45, 2.75) is 25.9 Å². The second-order valence-electron chi connectivity index (χ2n) is 6.38. The predicted octanol–water partition coefficient (Wildman–Crippen LogP) is 3.98. The van der Waals surface area contributed by atoms with Crippen molar-refractivity contribution in [1.29, 1.82) is 0 Å². The van der Waals surface area contributed by atoms with Crippen molar-refractivity contribution in [3.8, 4) is 0 Å². The Bertz CT molecular complexity index is 666. The fourth-order valence-electron chi connectivity index (χ4n) is 3.18. The highest BCUT2D eigenvalue weighted by Crippen LogP contribution is 2.20. The first-order valence-corrected chi connectivity index (χ1v) is 9.28. The molecule has 1 N–H and O–H groups in total. The maximum atomic E-state index is 12.3. The maximum Gasteiger partial charge on any atom is 0.223 e. The highest BCUT2D eigenvalue weighted by atomic mass is 79.9. The molecule has 0 spiro atoms. The summed E-state index contributed by atoms with van der Waals surface area (Å²) < 4.78 is 1.12. The van der Waals surface area contributed by atoms with Gasteiger partial charge in [-0.05, 0) is 49.2 Å². The van der Waals surface area contributed by atoms with Gasteiger partial charge in [-0.2, -0.15) is 0 Å². The molecule has 24 heavy (non-hydrogen) atoms. The summed E-state index contributed by atoms with van der Waals surface area (Å²) in [6, 6.07) is 18.5. The van der Waals surface area contributed by atoms with E-state index in [0.29, 0.717) is 6.54 Å². The third-order valence-electron chi connectivity index (χ3n) is 4.56. The summed E-state index contributed by atoms with van der Waals surface area (Å²) in [5, 5.41) is 3.08. The lowest BCUT2D eigenvalue weighted by atomic mass is 9.95. The van der Waals surface area contributed by atoms with E-state index in [1.165, 1.54) is 5.56 Å². The monoisotopic (exact) mass is 386 g/mol. The van der Waals surface area contributed by atoms with Crippen LogP contribution in [0.2, 0.25) is 0 Å². The molecule has 1 heterocycles. The molecule has 2 aromatic carbocycles. The van der Waals surface area contributed by atoms with Crippen LogP contribution >= 0.6 is 15.9 Å². The third kappa shape index (κ3) is 4.92. The zero-order chi connectivity index (χ0) is 16.8. The summed E-state index contributed by atoms with van der Waals surface area (Å²) >= 11 is 3.52.